The van der Waals surface area contributed by atoms with Crippen LogP contribution in [-0.4, -0.2) is 172 Å². The summed E-state index contributed by atoms with van der Waals surface area (Å²) >= 11 is 0. The Morgan fingerprint density at radius 1 is 0.773 bits per heavy atom. The zero-order chi connectivity index (χ0) is 55.5. The molecule has 3 aliphatic rings. The van der Waals surface area contributed by atoms with Crippen molar-refractivity contribution in [1.29, 1.82) is 0 Å². The molecule has 2 fully saturated rings. The topological polar surface area (TPSA) is 337 Å². The van der Waals surface area contributed by atoms with E-state index in [1.165, 1.54) is 12.2 Å². The lowest BCUT2D eigenvalue weighted by Crippen LogP contribution is -2.59. The largest absolute Gasteiger partial charge is 0.481 e. The minimum atomic E-state index is -2.28. The number of carboxylic acids is 1. The Kier molecular flexibility index (Phi) is 29.9. The molecular formula is C56H85NO18. The molecule has 75 heavy (non-hydrogen) atoms. The van der Waals surface area contributed by atoms with Crippen LogP contribution in [0.15, 0.2) is 109 Å². The number of ether oxygens (including phenoxy) is 4. The maximum absolute atomic E-state index is 13.2. The van der Waals surface area contributed by atoms with Crippen molar-refractivity contribution in [2.75, 3.05) is 6.61 Å². The summed E-state index contributed by atoms with van der Waals surface area (Å²) in [6, 6.07) is -1.13. The lowest BCUT2D eigenvalue weighted by molar-refractivity contribution is -0.305. The van der Waals surface area contributed by atoms with Gasteiger partial charge in [-0.25, -0.2) is 0 Å². The van der Waals surface area contributed by atoms with Gasteiger partial charge in [-0.1, -0.05) is 117 Å². The van der Waals surface area contributed by atoms with Gasteiger partial charge in [-0.15, -0.1) is 0 Å². The van der Waals surface area contributed by atoms with Crippen molar-refractivity contribution in [2.24, 2.45) is 23.5 Å². The van der Waals surface area contributed by atoms with Gasteiger partial charge in [0, 0.05) is 31.6 Å². The van der Waals surface area contributed by atoms with Crippen molar-refractivity contribution in [3.63, 3.8) is 0 Å². The lowest BCUT2D eigenvalue weighted by atomic mass is 9.82. The summed E-state index contributed by atoms with van der Waals surface area (Å²) < 4.78 is 23.4. The molecule has 422 valence electrons. The predicted molar refractivity (Wildman–Crippen MR) is 279 cm³/mol. The second kappa shape index (κ2) is 34.5. The SMILES string of the molecule is C/C=C/C=C/C(=O)CC(O)CCC(C)C1OC(=O)CC(O)CC(O)CCCC(O)CC(O)CC(O)CC2(O)CC(O)C(C(=O)O)[C@H](CC(OC3OC[C@@H](O)[C@H](N)[C@H]3O)/C=C/C=C/C=C/C=C\C=C/C=C/C=C/C1C)O2. The molecule has 0 aliphatic carbocycles. The molecule has 19 nitrogen and oxygen atoms in total. The van der Waals surface area contributed by atoms with Crippen LogP contribution < -0.4 is 5.73 Å². The molecule has 0 aromatic heterocycles. The molecule has 0 saturated carbocycles. The Bertz CT molecular complexity index is 1980. The van der Waals surface area contributed by atoms with Crippen molar-refractivity contribution in [3.05, 3.63) is 109 Å². The van der Waals surface area contributed by atoms with E-state index in [4.69, 9.17) is 24.7 Å². The first kappa shape index (κ1) is 65.0. The highest BCUT2D eigenvalue weighted by Gasteiger charge is 2.50. The van der Waals surface area contributed by atoms with Crippen LogP contribution in [0.25, 0.3) is 0 Å². The molecule has 0 amide bonds. The van der Waals surface area contributed by atoms with Crippen LogP contribution in [0.1, 0.15) is 104 Å². The van der Waals surface area contributed by atoms with Gasteiger partial charge < -0.3 is 80.9 Å². The first-order chi connectivity index (χ1) is 35.6. The number of cyclic esters (lactones) is 1. The molecule has 0 radical (unpaired) electrons. The van der Waals surface area contributed by atoms with E-state index >= 15 is 0 Å². The number of aliphatic carboxylic acids is 1. The number of carboxylic acid groups (broad SMARTS) is 1. The van der Waals surface area contributed by atoms with E-state index < -0.39 is 128 Å². The van der Waals surface area contributed by atoms with Gasteiger partial charge in [-0.05, 0) is 70.3 Å². The number of rotatable bonds is 11. The molecule has 0 aromatic rings. The monoisotopic (exact) mass is 1060 g/mol. The van der Waals surface area contributed by atoms with Gasteiger partial charge in [0.1, 0.15) is 18.1 Å². The van der Waals surface area contributed by atoms with Crippen molar-refractivity contribution in [3.8, 4) is 0 Å². The summed E-state index contributed by atoms with van der Waals surface area (Å²) in [6.45, 7) is 5.33. The van der Waals surface area contributed by atoms with E-state index in [0.29, 0.717) is 6.42 Å². The molecule has 3 rings (SSSR count). The Hall–Kier alpha value is -4.29. The molecule has 13 N–H and O–H groups in total. The van der Waals surface area contributed by atoms with Crippen LogP contribution in [0.2, 0.25) is 0 Å². The average Bonchev–Trinajstić information content (AvgIpc) is 3.31. The average molecular weight is 1060 g/mol. The number of carbonyl (C=O) groups is 3. The summed E-state index contributed by atoms with van der Waals surface area (Å²) in [7, 11) is 0. The number of hydrogen-bond donors (Lipinski definition) is 12. The quantitative estimate of drug-likeness (QED) is 0.0804. The summed E-state index contributed by atoms with van der Waals surface area (Å²) in [5, 5.41) is 118. The van der Waals surface area contributed by atoms with Crippen LogP contribution in [0.4, 0.5) is 0 Å². The predicted octanol–water partition coefficient (Wildman–Crippen LogP) is 2.96. The van der Waals surface area contributed by atoms with Gasteiger partial charge in [-0.2, -0.15) is 0 Å². The maximum atomic E-state index is 13.2. The van der Waals surface area contributed by atoms with Gasteiger partial charge in [-0.3, -0.25) is 14.4 Å². The number of hydrogen-bond acceptors (Lipinski definition) is 18. The Balaban J connectivity index is 1.84. The van der Waals surface area contributed by atoms with Crippen LogP contribution >= 0.6 is 0 Å². The fourth-order valence-corrected chi connectivity index (χ4v) is 9.27. The lowest BCUT2D eigenvalue weighted by Gasteiger charge is -2.45. The van der Waals surface area contributed by atoms with E-state index in [1.807, 2.05) is 32.9 Å². The zero-order valence-corrected chi connectivity index (χ0v) is 43.5. The molecule has 19 heteroatoms. The fraction of sp³-hybridized carbons (Fsp3) is 0.625. The summed E-state index contributed by atoms with van der Waals surface area (Å²) in [6.07, 6.45) is 13.7. The minimum absolute atomic E-state index is 0.0548. The molecule has 3 aliphatic heterocycles. The van der Waals surface area contributed by atoms with Gasteiger partial charge in [0.15, 0.2) is 17.9 Å². The smallest absolute Gasteiger partial charge is 0.311 e. The number of nitrogens with two attached hydrogens (primary N) is 1. The molecule has 2 bridgehead atoms. The highest BCUT2D eigenvalue weighted by molar-refractivity contribution is 5.90. The van der Waals surface area contributed by atoms with Gasteiger partial charge in [0.2, 0.25) is 0 Å². The van der Waals surface area contributed by atoms with E-state index in [0.717, 1.165) is 0 Å². The Morgan fingerprint density at radius 2 is 1.35 bits per heavy atom. The summed E-state index contributed by atoms with van der Waals surface area (Å²) in [4.78, 5) is 38.0. The van der Waals surface area contributed by atoms with Crippen LogP contribution in [0.3, 0.4) is 0 Å². The zero-order valence-electron chi connectivity index (χ0n) is 43.5. The van der Waals surface area contributed by atoms with Crippen molar-refractivity contribution in [1.82, 2.24) is 0 Å². The molecule has 18 atom stereocenters. The summed E-state index contributed by atoms with van der Waals surface area (Å²) in [5.74, 6) is -6.73. The number of aliphatic hydroxyl groups excluding tert-OH is 9. The normalized spacial score (nSPS) is 39.1. The highest BCUT2D eigenvalue weighted by Crippen LogP contribution is 2.38. The molecule has 2 saturated heterocycles. The van der Waals surface area contributed by atoms with Crippen LogP contribution in [0, 0.1) is 17.8 Å². The van der Waals surface area contributed by atoms with Gasteiger partial charge in [0.05, 0.1) is 80.1 Å². The number of fused-ring (bicyclic) bond motifs is 2. The molecule has 0 spiro atoms. The van der Waals surface area contributed by atoms with Gasteiger partial charge in [0.25, 0.3) is 0 Å². The van der Waals surface area contributed by atoms with Gasteiger partial charge >= 0.3 is 11.9 Å². The molecule has 3 heterocycles. The van der Waals surface area contributed by atoms with Crippen LogP contribution in [-0.2, 0) is 33.3 Å². The Morgan fingerprint density at radius 3 is 1.95 bits per heavy atom. The fourth-order valence-electron chi connectivity index (χ4n) is 9.27. The first-order valence-electron chi connectivity index (χ1n) is 26.1. The third-order valence-electron chi connectivity index (χ3n) is 13.3. The number of aliphatic hydroxyl groups is 10. The number of esters is 1. The maximum Gasteiger partial charge on any atom is 0.311 e. The third-order valence-corrected chi connectivity index (χ3v) is 13.3. The van der Waals surface area contributed by atoms with Crippen molar-refractivity contribution >= 4 is 17.7 Å². The second-order valence-corrected chi connectivity index (χ2v) is 20.1. The first-order valence-corrected chi connectivity index (χ1v) is 26.1. The molecule has 0 aromatic carbocycles. The minimum Gasteiger partial charge on any atom is -0.481 e. The number of carbonyl (C=O) groups excluding carboxylic acids is 2. The van der Waals surface area contributed by atoms with Crippen molar-refractivity contribution < 1.29 is 89.5 Å². The highest BCUT2D eigenvalue weighted by atomic mass is 16.7. The van der Waals surface area contributed by atoms with Crippen LogP contribution in [0.5, 0.6) is 0 Å². The number of ketones is 1. The van der Waals surface area contributed by atoms with Crippen molar-refractivity contribution in [2.45, 2.75) is 196 Å². The standard InChI is InChI=1S/C56H85NO18/c1-4-5-16-21-38(58)27-41(61)26-25-37(3)53-36(2)20-17-14-12-10-8-6-7-9-11-13-15-18-24-45(73-55-52(68)51(57)47(66)35-72-55)32-48-50(54(69)70)46(65)34-56(71,75-48)33-44(64)30-42(62)28-39(59)22-19-23-40(60)29-43(63)31-49(67)74-53/h4-18,20-21,24,36-37,39-48,50-53,55,59-66,68,71H,19,22-23,25-35,57H2,1-3H3,(H,69,70)/b5-4+,7-6-,10-8-,11-9+,14-12+,15-13+,20-17+,21-16+,24-18+/t36?,37?,39?,40?,41?,42?,43?,44?,45?,46?,47-,48+,50?,51+,52-,53?,55?,56?/m1/s1. The molecular weight excluding hydrogens is 975 g/mol. The number of allylic oxidation sites excluding steroid dienone is 16. The van der Waals surface area contributed by atoms with E-state index in [1.54, 1.807) is 85.1 Å². The van der Waals surface area contributed by atoms with E-state index in [9.17, 15) is 70.6 Å². The molecule has 14 unspecified atom stereocenters. The second-order valence-electron chi connectivity index (χ2n) is 20.1. The third kappa shape index (κ3) is 25.2. The van der Waals surface area contributed by atoms with E-state index in [-0.39, 0.29) is 82.0 Å². The Labute approximate surface area is 441 Å². The van der Waals surface area contributed by atoms with E-state index in [2.05, 4.69) is 0 Å². The summed E-state index contributed by atoms with van der Waals surface area (Å²) in [5.41, 5.74) is 5.96.